The SMILES string of the molecule is COCc1nc(NN)cc(Nc2cccc(Cl)c2)n1. The van der Waals surface area contributed by atoms with E-state index in [9.17, 15) is 0 Å². The van der Waals surface area contributed by atoms with Gasteiger partial charge in [-0.3, -0.25) is 0 Å². The van der Waals surface area contributed by atoms with Gasteiger partial charge in [-0.2, -0.15) is 0 Å². The Balaban J connectivity index is 2.26. The lowest BCUT2D eigenvalue weighted by Gasteiger charge is -2.09. The summed E-state index contributed by atoms with van der Waals surface area (Å²) >= 11 is 5.93. The van der Waals surface area contributed by atoms with Crippen LogP contribution in [0.4, 0.5) is 17.3 Å². The van der Waals surface area contributed by atoms with Crippen LogP contribution in [0.2, 0.25) is 5.02 Å². The van der Waals surface area contributed by atoms with Gasteiger partial charge in [-0.1, -0.05) is 17.7 Å². The fourth-order valence-electron chi connectivity index (χ4n) is 1.54. The van der Waals surface area contributed by atoms with Crippen LogP contribution >= 0.6 is 11.6 Å². The molecule has 0 amide bonds. The summed E-state index contributed by atoms with van der Waals surface area (Å²) < 4.78 is 5.01. The van der Waals surface area contributed by atoms with Crippen LogP contribution in [0.25, 0.3) is 0 Å². The Bertz CT molecular complexity index is 564. The van der Waals surface area contributed by atoms with Gasteiger partial charge in [-0.25, -0.2) is 15.8 Å². The highest BCUT2D eigenvalue weighted by atomic mass is 35.5. The molecule has 19 heavy (non-hydrogen) atoms. The van der Waals surface area contributed by atoms with Crippen LogP contribution in [0, 0.1) is 0 Å². The average molecular weight is 280 g/mol. The van der Waals surface area contributed by atoms with Crippen LogP contribution in [-0.4, -0.2) is 17.1 Å². The Morgan fingerprint density at radius 2 is 2.05 bits per heavy atom. The molecule has 1 heterocycles. The molecule has 0 unspecified atom stereocenters. The average Bonchev–Trinajstić information content (AvgIpc) is 2.39. The van der Waals surface area contributed by atoms with E-state index >= 15 is 0 Å². The molecular weight excluding hydrogens is 266 g/mol. The van der Waals surface area contributed by atoms with Gasteiger partial charge in [0, 0.05) is 23.9 Å². The lowest BCUT2D eigenvalue weighted by molar-refractivity contribution is 0.178. The Hall–Kier alpha value is -1.89. The van der Waals surface area contributed by atoms with Crippen molar-refractivity contribution in [1.82, 2.24) is 9.97 Å². The van der Waals surface area contributed by atoms with Crippen molar-refractivity contribution in [2.45, 2.75) is 6.61 Å². The maximum absolute atomic E-state index is 5.93. The minimum absolute atomic E-state index is 0.305. The molecule has 0 aliphatic rings. The van der Waals surface area contributed by atoms with Crippen molar-refractivity contribution >= 4 is 28.9 Å². The standard InChI is InChI=1S/C12H14ClN5O/c1-19-7-12-16-10(6-11(17-12)18-14)15-9-4-2-3-8(13)5-9/h2-6H,7,14H2,1H3,(H2,15,16,17,18). The molecule has 0 saturated carbocycles. The number of nitrogens with two attached hydrogens (primary N) is 1. The van der Waals surface area contributed by atoms with Crippen molar-refractivity contribution in [3.8, 4) is 0 Å². The van der Waals surface area contributed by atoms with E-state index in [0.29, 0.717) is 29.1 Å². The van der Waals surface area contributed by atoms with Gasteiger partial charge in [0.2, 0.25) is 0 Å². The van der Waals surface area contributed by atoms with Gasteiger partial charge in [0.05, 0.1) is 0 Å². The highest BCUT2D eigenvalue weighted by Crippen LogP contribution is 2.20. The van der Waals surface area contributed by atoms with Crippen LogP contribution in [0.5, 0.6) is 0 Å². The molecule has 0 bridgehead atoms. The van der Waals surface area contributed by atoms with E-state index in [4.69, 9.17) is 22.2 Å². The summed E-state index contributed by atoms with van der Waals surface area (Å²) in [5, 5.41) is 3.78. The zero-order valence-electron chi connectivity index (χ0n) is 10.4. The van der Waals surface area contributed by atoms with Crippen molar-refractivity contribution in [3.63, 3.8) is 0 Å². The van der Waals surface area contributed by atoms with Gasteiger partial charge in [0.25, 0.3) is 0 Å². The maximum Gasteiger partial charge on any atom is 0.158 e. The number of aromatic nitrogens is 2. The molecular formula is C12H14ClN5O. The van der Waals surface area contributed by atoms with Gasteiger partial charge >= 0.3 is 0 Å². The highest BCUT2D eigenvalue weighted by Gasteiger charge is 2.04. The van der Waals surface area contributed by atoms with E-state index in [0.717, 1.165) is 5.69 Å². The fourth-order valence-corrected chi connectivity index (χ4v) is 1.73. The molecule has 0 atom stereocenters. The van der Waals surface area contributed by atoms with Crippen molar-refractivity contribution in [2.24, 2.45) is 5.84 Å². The van der Waals surface area contributed by atoms with E-state index in [1.54, 1.807) is 25.3 Å². The van der Waals surface area contributed by atoms with Crippen LogP contribution < -0.4 is 16.6 Å². The van der Waals surface area contributed by atoms with Crippen LogP contribution in [-0.2, 0) is 11.3 Å². The molecule has 0 saturated heterocycles. The molecule has 4 N–H and O–H groups in total. The Labute approximate surface area is 115 Å². The summed E-state index contributed by atoms with van der Waals surface area (Å²) in [4.78, 5) is 8.47. The topological polar surface area (TPSA) is 85.1 Å². The normalized spacial score (nSPS) is 10.3. The second-order valence-electron chi connectivity index (χ2n) is 3.77. The lowest BCUT2D eigenvalue weighted by Crippen LogP contribution is -2.11. The van der Waals surface area contributed by atoms with Crippen LogP contribution in [0.1, 0.15) is 5.82 Å². The van der Waals surface area contributed by atoms with Crippen LogP contribution in [0.15, 0.2) is 30.3 Å². The maximum atomic E-state index is 5.93. The minimum Gasteiger partial charge on any atom is -0.377 e. The molecule has 0 spiro atoms. The number of nitrogens with one attached hydrogen (secondary N) is 2. The smallest absolute Gasteiger partial charge is 0.158 e. The Morgan fingerprint density at radius 1 is 1.26 bits per heavy atom. The molecule has 1 aromatic carbocycles. The van der Waals surface area contributed by atoms with Crippen molar-refractivity contribution in [3.05, 3.63) is 41.2 Å². The second-order valence-corrected chi connectivity index (χ2v) is 4.20. The molecule has 7 heteroatoms. The summed E-state index contributed by atoms with van der Waals surface area (Å²) in [7, 11) is 1.58. The number of rotatable bonds is 5. The number of anilines is 3. The molecule has 1 aromatic heterocycles. The number of hydrogen-bond donors (Lipinski definition) is 3. The predicted octanol–water partition coefficient (Wildman–Crippen LogP) is 2.31. The highest BCUT2D eigenvalue weighted by molar-refractivity contribution is 6.30. The Kier molecular flexibility index (Phi) is 4.51. The summed E-state index contributed by atoms with van der Waals surface area (Å²) in [6.07, 6.45) is 0. The largest absolute Gasteiger partial charge is 0.377 e. The van der Waals surface area contributed by atoms with Crippen LogP contribution in [0.3, 0.4) is 0 Å². The van der Waals surface area contributed by atoms with E-state index < -0.39 is 0 Å². The number of methoxy groups -OCH3 is 1. The number of ether oxygens (including phenoxy) is 1. The minimum atomic E-state index is 0.305. The molecule has 2 rings (SSSR count). The van der Waals surface area contributed by atoms with Gasteiger partial charge < -0.3 is 15.5 Å². The zero-order valence-corrected chi connectivity index (χ0v) is 11.1. The summed E-state index contributed by atoms with van der Waals surface area (Å²) in [6, 6.07) is 9.04. The van der Waals surface area contributed by atoms with E-state index in [1.165, 1.54) is 0 Å². The van der Waals surface area contributed by atoms with E-state index in [1.807, 2.05) is 12.1 Å². The first kappa shape index (κ1) is 13.5. The first-order valence-electron chi connectivity index (χ1n) is 5.57. The van der Waals surface area contributed by atoms with Gasteiger partial charge in [-0.05, 0) is 18.2 Å². The van der Waals surface area contributed by atoms with Gasteiger partial charge in [-0.15, -0.1) is 0 Å². The van der Waals surface area contributed by atoms with E-state index in [2.05, 4.69) is 20.7 Å². The number of hydrogen-bond acceptors (Lipinski definition) is 6. The monoisotopic (exact) mass is 279 g/mol. The summed E-state index contributed by atoms with van der Waals surface area (Å²) in [6.45, 7) is 0.305. The van der Waals surface area contributed by atoms with Crippen molar-refractivity contribution < 1.29 is 4.74 Å². The molecule has 0 aliphatic carbocycles. The fraction of sp³-hybridized carbons (Fsp3) is 0.167. The molecule has 0 aliphatic heterocycles. The van der Waals surface area contributed by atoms with Crippen molar-refractivity contribution in [2.75, 3.05) is 17.9 Å². The molecule has 100 valence electrons. The number of nitrogen functional groups attached to an aromatic ring is 1. The molecule has 0 radical (unpaired) electrons. The third kappa shape index (κ3) is 3.78. The second kappa shape index (κ2) is 6.33. The quantitative estimate of drug-likeness (QED) is 0.575. The first-order chi connectivity index (χ1) is 9.21. The first-order valence-corrected chi connectivity index (χ1v) is 5.95. The predicted molar refractivity (Wildman–Crippen MR) is 75.3 cm³/mol. The lowest BCUT2D eigenvalue weighted by atomic mass is 10.3. The van der Waals surface area contributed by atoms with Crippen molar-refractivity contribution in [1.29, 1.82) is 0 Å². The number of hydrazine groups is 1. The third-order valence-electron chi connectivity index (χ3n) is 2.29. The number of benzene rings is 1. The molecule has 0 fully saturated rings. The summed E-state index contributed by atoms with van der Waals surface area (Å²) in [5.74, 6) is 7.02. The zero-order chi connectivity index (χ0) is 13.7. The molecule has 6 nitrogen and oxygen atoms in total. The van der Waals surface area contributed by atoms with Gasteiger partial charge in [0.1, 0.15) is 18.2 Å². The number of halogens is 1. The summed E-state index contributed by atoms with van der Waals surface area (Å²) in [5.41, 5.74) is 3.32. The number of nitrogens with zero attached hydrogens (tertiary/aromatic N) is 2. The Morgan fingerprint density at radius 3 is 2.74 bits per heavy atom. The third-order valence-corrected chi connectivity index (χ3v) is 2.53. The van der Waals surface area contributed by atoms with E-state index in [-0.39, 0.29) is 0 Å². The molecule has 2 aromatic rings. The van der Waals surface area contributed by atoms with Gasteiger partial charge in [0.15, 0.2) is 5.82 Å².